The van der Waals surface area contributed by atoms with Crippen LogP contribution in [0.4, 0.5) is 0 Å². The number of aliphatic hydroxyl groups is 1. The van der Waals surface area contributed by atoms with Crippen LogP contribution in [-0.2, 0) is 9.53 Å². The van der Waals surface area contributed by atoms with E-state index in [1.165, 1.54) is 38.5 Å². The summed E-state index contributed by atoms with van der Waals surface area (Å²) in [5.74, 6) is -0.121. The van der Waals surface area contributed by atoms with Gasteiger partial charge >= 0.3 is 5.97 Å². The molecule has 0 radical (unpaired) electrons. The highest BCUT2D eigenvalue weighted by Crippen LogP contribution is 2.16. The summed E-state index contributed by atoms with van der Waals surface area (Å²) in [7, 11) is 0. The van der Waals surface area contributed by atoms with Crippen LogP contribution in [0.15, 0.2) is 0 Å². The smallest absolute Gasteiger partial charge is 0.308 e. The Morgan fingerprint density at radius 3 is 2.22 bits per heavy atom. The van der Waals surface area contributed by atoms with Crippen LogP contribution in [-0.4, -0.2) is 24.3 Å². The van der Waals surface area contributed by atoms with Crippen molar-refractivity contribution >= 4 is 5.97 Å². The van der Waals surface area contributed by atoms with Gasteiger partial charge in [0.2, 0.25) is 0 Å². The van der Waals surface area contributed by atoms with Gasteiger partial charge in [0.05, 0.1) is 12.5 Å². The van der Waals surface area contributed by atoms with Gasteiger partial charge in [-0.25, -0.2) is 0 Å². The molecule has 0 spiro atoms. The summed E-state index contributed by atoms with van der Waals surface area (Å²) < 4.78 is 4.97. The van der Waals surface area contributed by atoms with E-state index < -0.39 is 0 Å². The Morgan fingerprint density at radius 2 is 1.67 bits per heavy atom. The first kappa shape index (κ1) is 17.4. The van der Waals surface area contributed by atoms with Crippen LogP contribution in [0.2, 0.25) is 0 Å². The minimum absolute atomic E-state index is 0.0205. The number of aliphatic hydroxyl groups excluding tert-OH is 1. The fourth-order valence-electron chi connectivity index (χ4n) is 2.10. The number of hydrogen-bond acceptors (Lipinski definition) is 3. The van der Waals surface area contributed by atoms with Crippen molar-refractivity contribution in [2.75, 3.05) is 13.2 Å². The minimum atomic E-state index is -0.141. The van der Waals surface area contributed by atoms with Gasteiger partial charge in [-0.15, -0.1) is 0 Å². The lowest BCUT2D eigenvalue weighted by atomic mass is 9.98. The van der Waals surface area contributed by atoms with Gasteiger partial charge in [0.25, 0.3) is 0 Å². The van der Waals surface area contributed by atoms with Crippen molar-refractivity contribution in [3.05, 3.63) is 0 Å². The van der Waals surface area contributed by atoms with E-state index in [2.05, 4.69) is 6.92 Å². The highest BCUT2D eigenvalue weighted by atomic mass is 16.5. The molecule has 0 saturated carbocycles. The topological polar surface area (TPSA) is 46.5 Å². The average molecular weight is 258 g/mol. The predicted molar refractivity (Wildman–Crippen MR) is 74.4 cm³/mol. The van der Waals surface area contributed by atoms with E-state index >= 15 is 0 Å². The summed E-state index contributed by atoms with van der Waals surface area (Å²) >= 11 is 0. The van der Waals surface area contributed by atoms with Gasteiger partial charge in [0.1, 0.15) is 6.61 Å². The molecule has 0 fully saturated rings. The van der Waals surface area contributed by atoms with Crippen LogP contribution in [0.1, 0.15) is 71.6 Å². The molecule has 108 valence electrons. The first-order chi connectivity index (χ1) is 8.76. The predicted octanol–water partition coefficient (Wildman–Crippen LogP) is 3.69. The highest BCUT2D eigenvalue weighted by molar-refractivity contribution is 5.72. The maximum Gasteiger partial charge on any atom is 0.308 e. The van der Waals surface area contributed by atoms with Crippen molar-refractivity contribution in [1.82, 2.24) is 0 Å². The van der Waals surface area contributed by atoms with Crippen molar-refractivity contribution in [2.24, 2.45) is 5.92 Å². The van der Waals surface area contributed by atoms with Crippen molar-refractivity contribution in [1.29, 1.82) is 0 Å². The van der Waals surface area contributed by atoms with E-state index in [1.807, 2.05) is 6.92 Å². The molecule has 0 bridgehead atoms. The van der Waals surface area contributed by atoms with Crippen LogP contribution in [0, 0.1) is 5.92 Å². The van der Waals surface area contributed by atoms with Gasteiger partial charge in [-0.2, -0.15) is 0 Å². The summed E-state index contributed by atoms with van der Waals surface area (Å²) in [5.41, 5.74) is 0. The molecule has 0 amide bonds. The van der Waals surface area contributed by atoms with E-state index in [9.17, 15) is 4.79 Å². The summed E-state index contributed by atoms with van der Waals surface area (Å²) in [5, 5.41) is 8.61. The molecule has 3 nitrogen and oxygen atoms in total. The second-order valence-corrected chi connectivity index (χ2v) is 4.91. The van der Waals surface area contributed by atoms with Gasteiger partial charge < -0.3 is 9.84 Å². The normalized spacial score (nSPS) is 12.4. The third-order valence-electron chi connectivity index (χ3n) is 3.32. The van der Waals surface area contributed by atoms with Gasteiger partial charge in [-0.3, -0.25) is 4.79 Å². The molecular weight excluding hydrogens is 228 g/mol. The molecule has 0 aliphatic carbocycles. The molecule has 0 heterocycles. The third kappa shape index (κ3) is 9.46. The van der Waals surface area contributed by atoms with Crippen molar-refractivity contribution in [3.63, 3.8) is 0 Å². The van der Waals surface area contributed by atoms with E-state index in [0.29, 0.717) is 0 Å². The molecule has 0 aromatic carbocycles. The van der Waals surface area contributed by atoms with Crippen molar-refractivity contribution < 1.29 is 14.6 Å². The average Bonchev–Trinajstić information content (AvgIpc) is 2.39. The molecule has 1 N–H and O–H groups in total. The number of rotatable bonds is 12. The van der Waals surface area contributed by atoms with Crippen LogP contribution >= 0.6 is 0 Å². The van der Waals surface area contributed by atoms with Gasteiger partial charge in [-0.05, 0) is 12.8 Å². The number of carbonyl (C=O) groups is 1. The molecule has 18 heavy (non-hydrogen) atoms. The molecular formula is C15H30O3. The molecule has 0 aromatic rings. The van der Waals surface area contributed by atoms with E-state index in [4.69, 9.17) is 9.84 Å². The second kappa shape index (κ2) is 12.9. The zero-order valence-electron chi connectivity index (χ0n) is 12.1. The van der Waals surface area contributed by atoms with Crippen molar-refractivity contribution in [3.8, 4) is 0 Å². The van der Waals surface area contributed by atoms with E-state index in [0.717, 1.165) is 19.3 Å². The summed E-state index contributed by atoms with van der Waals surface area (Å²) in [6.07, 6.45) is 10.6. The monoisotopic (exact) mass is 258 g/mol. The van der Waals surface area contributed by atoms with E-state index in [1.54, 1.807) is 0 Å². The second-order valence-electron chi connectivity index (χ2n) is 4.91. The molecule has 3 heteroatoms. The van der Waals surface area contributed by atoms with Gasteiger partial charge in [0, 0.05) is 0 Å². The molecule has 0 rings (SSSR count). The molecule has 0 saturated heterocycles. The third-order valence-corrected chi connectivity index (χ3v) is 3.32. The first-order valence-corrected chi connectivity index (χ1v) is 7.53. The summed E-state index contributed by atoms with van der Waals surface area (Å²) in [4.78, 5) is 11.6. The Kier molecular flexibility index (Phi) is 12.5. The number of esters is 1. The lowest BCUT2D eigenvalue weighted by molar-refractivity contribution is -0.149. The number of carbonyl (C=O) groups excluding carboxylic acids is 1. The highest BCUT2D eigenvalue weighted by Gasteiger charge is 2.16. The maximum atomic E-state index is 11.6. The van der Waals surface area contributed by atoms with Crippen LogP contribution in [0.3, 0.4) is 0 Å². The SMILES string of the molecule is CCCCCCCCCC(CC)C(=O)OCCO. The number of ether oxygens (including phenoxy) is 1. The van der Waals surface area contributed by atoms with E-state index in [-0.39, 0.29) is 25.1 Å². The molecule has 0 aromatic heterocycles. The quantitative estimate of drug-likeness (QED) is 0.429. The Morgan fingerprint density at radius 1 is 1.06 bits per heavy atom. The molecule has 1 atom stereocenters. The van der Waals surface area contributed by atoms with Gasteiger partial charge in [-0.1, -0.05) is 58.8 Å². The Bertz CT molecular complexity index is 192. The zero-order valence-corrected chi connectivity index (χ0v) is 12.1. The lowest BCUT2D eigenvalue weighted by Gasteiger charge is -2.13. The Hall–Kier alpha value is -0.570. The van der Waals surface area contributed by atoms with Crippen LogP contribution in [0.25, 0.3) is 0 Å². The number of hydrogen-bond donors (Lipinski definition) is 1. The standard InChI is InChI=1S/C15H30O3/c1-3-5-6-7-8-9-10-11-14(4-2)15(17)18-13-12-16/h14,16H,3-13H2,1-2H3. The fraction of sp³-hybridized carbons (Fsp3) is 0.933. The van der Waals surface area contributed by atoms with Gasteiger partial charge in [0.15, 0.2) is 0 Å². The summed E-state index contributed by atoms with van der Waals surface area (Å²) in [6, 6.07) is 0. The minimum Gasteiger partial charge on any atom is -0.463 e. The Labute approximate surface area is 112 Å². The largest absolute Gasteiger partial charge is 0.463 e. The van der Waals surface area contributed by atoms with Crippen molar-refractivity contribution in [2.45, 2.75) is 71.6 Å². The molecule has 1 unspecified atom stereocenters. The fourth-order valence-corrected chi connectivity index (χ4v) is 2.10. The lowest BCUT2D eigenvalue weighted by Crippen LogP contribution is -2.18. The van der Waals surface area contributed by atoms with Crippen LogP contribution < -0.4 is 0 Å². The summed E-state index contributed by atoms with van der Waals surface area (Å²) in [6.45, 7) is 4.29. The molecule has 0 aliphatic rings. The maximum absolute atomic E-state index is 11.6. The number of unbranched alkanes of at least 4 members (excludes halogenated alkanes) is 6. The Balaban J connectivity index is 3.52. The zero-order chi connectivity index (χ0) is 13.6. The van der Waals surface area contributed by atoms with Crippen LogP contribution in [0.5, 0.6) is 0 Å². The molecule has 0 aliphatic heterocycles. The first-order valence-electron chi connectivity index (χ1n) is 7.53.